The van der Waals surface area contributed by atoms with Crippen molar-refractivity contribution in [3.8, 4) is 0 Å². The molecule has 112 valence electrons. The van der Waals surface area contributed by atoms with Crippen LogP contribution in [0, 0.1) is 0 Å². The molecule has 1 aromatic carbocycles. The zero-order valence-corrected chi connectivity index (χ0v) is 13.7. The summed E-state index contributed by atoms with van der Waals surface area (Å²) in [6.07, 6.45) is 1.46. The second-order valence-corrected chi connectivity index (χ2v) is 5.60. The first-order chi connectivity index (χ1) is 9.97. The maximum absolute atomic E-state index is 12.6. The molecule has 0 aliphatic heterocycles. The minimum atomic E-state index is -0.452. The Labute approximate surface area is 134 Å². The molecule has 0 aliphatic rings. The molecule has 1 aromatic heterocycles. The van der Waals surface area contributed by atoms with Crippen molar-refractivity contribution in [1.82, 2.24) is 14.8 Å². The third kappa shape index (κ3) is 3.27. The summed E-state index contributed by atoms with van der Waals surface area (Å²) in [4.78, 5) is 17.1. The summed E-state index contributed by atoms with van der Waals surface area (Å²) in [5.41, 5.74) is 0.448. The molecule has 1 atom stereocenters. The topological polar surface area (TPSA) is 47.8 Å². The fraction of sp³-hybridized carbons (Fsp3) is 0.400. The Bertz CT molecular complexity index is 667. The number of carbonyl (C=O) groups is 1. The monoisotopic (exact) mass is 325 g/mol. The molecule has 0 radical (unpaired) electrons. The number of rotatable bonds is 5. The van der Waals surface area contributed by atoms with Gasteiger partial charge in [-0.2, -0.15) is 5.10 Å². The van der Waals surface area contributed by atoms with Crippen molar-refractivity contribution in [2.75, 3.05) is 0 Å². The number of aromatic nitrogens is 3. The van der Waals surface area contributed by atoms with Gasteiger partial charge < -0.3 is 0 Å². The van der Waals surface area contributed by atoms with Gasteiger partial charge in [0.05, 0.1) is 5.02 Å². The molecule has 4 nitrogen and oxygen atoms in total. The molecular weight excluding hydrogens is 309 g/mol. The molecule has 6 heteroatoms. The molecule has 0 amide bonds. The molecule has 0 saturated heterocycles. The minimum Gasteiger partial charge on any atom is -0.292 e. The van der Waals surface area contributed by atoms with Crippen LogP contribution < -0.4 is 0 Å². The van der Waals surface area contributed by atoms with Gasteiger partial charge >= 0.3 is 0 Å². The summed E-state index contributed by atoms with van der Waals surface area (Å²) in [7, 11) is 0. The second-order valence-electron chi connectivity index (χ2n) is 4.76. The number of nitrogens with zero attached hydrogens (tertiary/aromatic N) is 3. The lowest BCUT2D eigenvalue weighted by Crippen LogP contribution is -2.20. The van der Waals surface area contributed by atoms with Gasteiger partial charge in [0, 0.05) is 23.4 Å². The highest BCUT2D eigenvalue weighted by molar-refractivity contribution is 6.36. The Balaban J connectivity index is 2.36. The number of Topliss-reactive ketones (excluding diaryl/α,β-unsaturated/α-hetero) is 1. The number of aryl methyl sites for hydroxylation is 2. The van der Waals surface area contributed by atoms with Crippen LogP contribution in [0.15, 0.2) is 18.2 Å². The molecule has 0 saturated carbocycles. The van der Waals surface area contributed by atoms with Crippen LogP contribution in [0.1, 0.15) is 48.8 Å². The number of halogens is 2. The zero-order chi connectivity index (χ0) is 15.6. The van der Waals surface area contributed by atoms with Crippen molar-refractivity contribution in [3.63, 3.8) is 0 Å². The average molecular weight is 326 g/mol. The Morgan fingerprint density at radius 1 is 1.29 bits per heavy atom. The van der Waals surface area contributed by atoms with E-state index in [1.807, 2.05) is 13.8 Å². The molecule has 0 spiro atoms. The number of ketones is 1. The van der Waals surface area contributed by atoms with Crippen molar-refractivity contribution in [2.45, 2.75) is 39.7 Å². The lowest BCUT2D eigenvalue weighted by molar-refractivity contribution is 0.0926. The highest BCUT2D eigenvalue weighted by atomic mass is 35.5. The minimum absolute atomic E-state index is 0.0982. The van der Waals surface area contributed by atoms with Crippen LogP contribution in [0.4, 0.5) is 0 Å². The van der Waals surface area contributed by atoms with Crippen LogP contribution in [-0.2, 0) is 12.8 Å². The van der Waals surface area contributed by atoms with Crippen molar-refractivity contribution in [2.24, 2.45) is 0 Å². The van der Waals surface area contributed by atoms with Gasteiger partial charge in [0.2, 0.25) is 0 Å². The van der Waals surface area contributed by atoms with E-state index in [9.17, 15) is 4.79 Å². The van der Waals surface area contributed by atoms with E-state index in [1.165, 1.54) is 0 Å². The Kier molecular flexibility index (Phi) is 5.01. The van der Waals surface area contributed by atoms with Crippen LogP contribution >= 0.6 is 23.2 Å². The molecule has 2 aromatic rings. The van der Waals surface area contributed by atoms with E-state index in [1.54, 1.807) is 29.8 Å². The van der Waals surface area contributed by atoms with Crippen LogP contribution in [0.2, 0.25) is 10.0 Å². The van der Waals surface area contributed by atoms with E-state index in [4.69, 9.17) is 23.2 Å². The van der Waals surface area contributed by atoms with Crippen molar-refractivity contribution in [1.29, 1.82) is 0 Å². The highest BCUT2D eigenvalue weighted by Crippen LogP contribution is 2.25. The third-order valence-electron chi connectivity index (χ3n) is 3.32. The van der Waals surface area contributed by atoms with Gasteiger partial charge in [0.1, 0.15) is 11.9 Å². The zero-order valence-electron chi connectivity index (χ0n) is 12.2. The number of hydrogen-bond acceptors (Lipinski definition) is 3. The molecule has 1 heterocycles. The Morgan fingerprint density at radius 2 is 2.00 bits per heavy atom. The fourth-order valence-electron chi connectivity index (χ4n) is 2.13. The van der Waals surface area contributed by atoms with E-state index >= 15 is 0 Å². The van der Waals surface area contributed by atoms with E-state index in [0.717, 1.165) is 24.5 Å². The summed E-state index contributed by atoms with van der Waals surface area (Å²) in [5, 5.41) is 5.27. The fourth-order valence-corrected chi connectivity index (χ4v) is 2.63. The molecular formula is C15H17Cl2N3O. The summed E-state index contributed by atoms with van der Waals surface area (Å²) >= 11 is 12.0. The van der Waals surface area contributed by atoms with Crippen molar-refractivity contribution >= 4 is 29.0 Å². The van der Waals surface area contributed by atoms with Crippen molar-refractivity contribution in [3.05, 3.63) is 45.5 Å². The van der Waals surface area contributed by atoms with Gasteiger partial charge in [-0.25, -0.2) is 9.67 Å². The van der Waals surface area contributed by atoms with E-state index < -0.39 is 6.04 Å². The van der Waals surface area contributed by atoms with Gasteiger partial charge in [-0.05, 0) is 25.1 Å². The maximum atomic E-state index is 12.6. The van der Waals surface area contributed by atoms with Crippen LogP contribution in [0.25, 0.3) is 0 Å². The van der Waals surface area contributed by atoms with Gasteiger partial charge in [-0.1, -0.05) is 37.0 Å². The standard InChI is InChI=1S/C15H17Cl2N3O/c1-4-13-18-14(5-2)20(19-13)9(3)15(21)11-7-6-10(16)8-12(11)17/h6-9H,4-5H2,1-3H3. The number of carbonyl (C=O) groups excluding carboxylic acids is 1. The highest BCUT2D eigenvalue weighted by Gasteiger charge is 2.23. The summed E-state index contributed by atoms with van der Waals surface area (Å²) in [6, 6.07) is 4.42. The van der Waals surface area contributed by atoms with Crippen LogP contribution in [0.5, 0.6) is 0 Å². The summed E-state index contributed by atoms with van der Waals surface area (Å²) in [5.74, 6) is 1.45. The quantitative estimate of drug-likeness (QED) is 0.775. The largest absolute Gasteiger partial charge is 0.292 e. The van der Waals surface area contributed by atoms with Crippen molar-refractivity contribution < 1.29 is 4.79 Å². The Morgan fingerprint density at radius 3 is 2.57 bits per heavy atom. The molecule has 1 unspecified atom stereocenters. The first-order valence-electron chi connectivity index (χ1n) is 6.91. The molecule has 0 bridgehead atoms. The molecule has 2 rings (SSSR count). The molecule has 21 heavy (non-hydrogen) atoms. The van der Waals surface area contributed by atoms with E-state index in [2.05, 4.69) is 10.1 Å². The summed E-state index contributed by atoms with van der Waals surface area (Å²) in [6.45, 7) is 5.79. The van der Waals surface area contributed by atoms with Gasteiger partial charge in [0.15, 0.2) is 11.6 Å². The van der Waals surface area contributed by atoms with Crippen LogP contribution in [0.3, 0.4) is 0 Å². The van der Waals surface area contributed by atoms with E-state index in [0.29, 0.717) is 15.6 Å². The first kappa shape index (κ1) is 16.0. The van der Waals surface area contributed by atoms with Gasteiger partial charge in [-0.15, -0.1) is 0 Å². The normalized spacial score (nSPS) is 12.4. The lowest BCUT2D eigenvalue weighted by Gasteiger charge is -2.14. The van der Waals surface area contributed by atoms with Gasteiger partial charge in [0.25, 0.3) is 0 Å². The second kappa shape index (κ2) is 6.58. The molecule has 0 N–H and O–H groups in total. The Hall–Kier alpha value is -1.39. The molecule has 0 aliphatic carbocycles. The number of benzene rings is 1. The number of hydrogen-bond donors (Lipinski definition) is 0. The average Bonchev–Trinajstić information content (AvgIpc) is 2.89. The first-order valence-corrected chi connectivity index (χ1v) is 7.67. The maximum Gasteiger partial charge on any atom is 0.188 e. The van der Waals surface area contributed by atoms with Crippen LogP contribution in [-0.4, -0.2) is 20.5 Å². The summed E-state index contributed by atoms with van der Waals surface area (Å²) < 4.78 is 1.69. The predicted molar refractivity (Wildman–Crippen MR) is 84.3 cm³/mol. The predicted octanol–water partition coefficient (Wildman–Crippen LogP) is 4.15. The lowest BCUT2D eigenvalue weighted by atomic mass is 10.1. The smallest absolute Gasteiger partial charge is 0.188 e. The molecule has 0 fully saturated rings. The third-order valence-corrected chi connectivity index (χ3v) is 3.87. The van der Waals surface area contributed by atoms with E-state index in [-0.39, 0.29) is 5.78 Å². The van der Waals surface area contributed by atoms with Gasteiger partial charge in [-0.3, -0.25) is 4.79 Å². The SMILES string of the molecule is CCc1nc(CC)n(C(C)C(=O)c2ccc(Cl)cc2Cl)n1.